The quantitative estimate of drug-likeness (QED) is 0.574. The average Bonchev–Trinajstić information content (AvgIpc) is 2.45. The second-order valence-electron chi connectivity index (χ2n) is 4.77. The summed E-state index contributed by atoms with van der Waals surface area (Å²) in [5.41, 5.74) is 2.33. The highest BCUT2D eigenvalue weighted by Gasteiger charge is 2.16. The highest BCUT2D eigenvalue weighted by molar-refractivity contribution is 8.00. The predicted molar refractivity (Wildman–Crippen MR) is 85.5 cm³/mol. The minimum atomic E-state index is -0.357. The van der Waals surface area contributed by atoms with Gasteiger partial charge in [0.25, 0.3) is 0 Å². The van der Waals surface area contributed by atoms with Crippen LogP contribution in [0.1, 0.15) is 25.0 Å². The molecule has 5 heteroatoms. The van der Waals surface area contributed by atoms with E-state index in [1.165, 1.54) is 22.2 Å². The van der Waals surface area contributed by atoms with Gasteiger partial charge < -0.3 is 9.64 Å². The zero-order valence-corrected chi connectivity index (χ0v) is 14.0. The molecule has 0 aromatic heterocycles. The molecule has 0 radical (unpaired) electrons. The molecule has 0 bridgehead atoms. The van der Waals surface area contributed by atoms with Crippen LogP contribution >= 0.6 is 11.8 Å². The Kier molecular flexibility index (Phi) is 7.29. The number of amides is 1. The molecule has 0 aliphatic carbocycles. The van der Waals surface area contributed by atoms with Crippen molar-refractivity contribution in [1.82, 2.24) is 4.90 Å². The van der Waals surface area contributed by atoms with E-state index in [0.29, 0.717) is 18.9 Å². The maximum absolute atomic E-state index is 12.2. The molecular weight excluding hydrogens is 286 g/mol. The Morgan fingerprint density at radius 2 is 1.95 bits per heavy atom. The van der Waals surface area contributed by atoms with Crippen LogP contribution in [0.2, 0.25) is 0 Å². The number of rotatable bonds is 7. The van der Waals surface area contributed by atoms with Crippen molar-refractivity contribution in [3.63, 3.8) is 0 Å². The van der Waals surface area contributed by atoms with Crippen molar-refractivity contribution < 1.29 is 14.3 Å². The topological polar surface area (TPSA) is 46.6 Å². The smallest absolute Gasteiger partial charge is 0.325 e. The fraction of sp³-hybridized carbons (Fsp3) is 0.500. The lowest BCUT2D eigenvalue weighted by Crippen LogP contribution is -2.37. The first-order valence-corrected chi connectivity index (χ1v) is 8.09. The highest BCUT2D eigenvalue weighted by atomic mass is 32.2. The first-order valence-electron chi connectivity index (χ1n) is 7.11. The molecule has 0 saturated carbocycles. The summed E-state index contributed by atoms with van der Waals surface area (Å²) < 4.78 is 4.88. The molecule has 0 aliphatic heterocycles. The second kappa shape index (κ2) is 8.72. The lowest BCUT2D eigenvalue weighted by molar-refractivity contribution is -0.148. The van der Waals surface area contributed by atoms with Crippen molar-refractivity contribution in [2.45, 2.75) is 32.6 Å². The lowest BCUT2D eigenvalue weighted by Gasteiger charge is -2.19. The Bertz CT molecular complexity index is 502. The molecule has 1 rings (SSSR count). The number of benzene rings is 1. The predicted octanol–water partition coefficient (Wildman–Crippen LogP) is 2.81. The van der Waals surface area contributed by atoms with E-state index in [-0.39, 0.29) is 18.4 Å². The number of carbonyl (C=O) groups excluding carboxylic acids is 2. The molecule has 1 amide bonds. The average molecular weight is 309 g/mol. The zero-order chi connectivity index (χ0) is 15.8. The number of hydrogen-bond donors (Lipinski definition) is 0. The van der Waals surface area contributed by atoms with Crippen molar-refractivity contribution in [3.8, 4) is 0 Å². The Labute approximate surface area is 130 Å². The molecule has 0 atom stereocenters. The van der Waals surface area contributed by atoms with Gasteiger partial charge >= 0.3 is 5.97 Å². The van der Waals surface area contributed by atoms with E-state index in [4.69, 9.17) is 4.74 Å². The van der Waals surface area contributed by atoms with Crippen molar-refractivity contribution in [2.75, 3.05) is 25.4 Å². The third-order valence-corrected chi connectivity index (χ3v) is 4.20. The number of ether oxygens (including phenoxy) is 1. The van der Waals surface area contributed by atoms with Gasteiger partial charge in [-0.25, -0.2) is 0 Å². The third-order valence-electron chi connectivity index (χ3n) is 3.05. The molecule has 0 aliphatic rings. The van der Waals surface area contributed by atoms with E-state index < -0.39 is 0 Å². The fourth-order valence-electron chi connectivity index (χ4n) is 1.83. The first kappa shape index (κ1) is 17.6. The molecule has 1 aromatic rings. The van der Waals surface area contributed by atoms with E-state index in [1.807, 2.05) is 20.8 Å². The van der Waals surface area contributed by atoms with Gasteiger partial charge in [0.15, 0.2) is 0 Å². The number of aryl methyl sites for hydroxylation is 2. The monoisotopic (exact) mass is 309 g/mol. The van der Waals surface area contributed by atoms with E-state index in [1.54, 1.807) is 6.92 Å². The maximum atomic E-state index is 12.2. The van der Waals surface area contributed by atoms with Crippen molar-refractivity contribution in [1.29, 1.82) is 0 Å². The van der Waals surface area contributed by atoms with E-state index in [2.05, 4.69) is 18.2 Å². The number of thioether (sulfide) groups is 1. The van der Waals surface area contributed by atoms with Crippen LogP contribution in [0, 0.1) is 13.8 Å². The van der Waals surface area contributed by atoms with Crippen LogP contribution in [0.15, 0.2) is 23.1 Å². The highest BCUT2D eigenvalue weighted by Crippen LogP contribution is 2.23. The minimum Gasteiger partial charge on any atom is -0.465 e. The molecule has 0 unspecified atom stereocenters. The molecule has 0 heterocycles. The second-order valence-corrected chi connectivity index (χ2v) is 5.79. The van der Waals surface area contributed by atoms with Crippen LogP contribution in [0.3, 0.4) is 0 Å². The maximum Gasteiger partial charge on any atom is 0.325 e. The summed E-state index contributed by atoms with van der Waals surface area (Å²) in [5, 5.41) is 0. The summed E-state index contributed by atoms with van der Waals surface area (Å²) in [6, 6.07) is 6.19. The van der Waals surface area contributed by atoms with Crippen molar-refractivity contribution in [3.05, 3.63) is 29.3 Å². The minimum absolute atomic E-state index is 0.0243. The molecule has 0 fully saturated rings. The van der Waals surface area contributed by atoms with Gasteiger partial charge in [0.1, 0.15) is 6.54 Å². The summed E-state index contributed by atoms with van der Waals surface area (Å²) >= 11 is 1.51. The summed E-state index contributed by atoms with van der Waals surface area (Å²) in [6.45, 7) is 8.54. The van der Waals surface area contributed by atoms with Gasteiger partial charge in [-0.3, -0.25) is 9.59 Å². The van der Waals surface area contributed by atoms with Gasteiger partial charge in [-0.15, -0.1) is 11.8 Å². The van der Waals surface area contributed by atoms with Gasteiger partial charge in [0.05, 0.1) is 12.4 Å². The van der Waals surface area contributed by atoms with Crippen LogP contribution in [-0.4, -0.2) is 42.2 Å². The standard InChI is InChI=1S/C16H23NO3S/c1-5-17(10-16(19)20-6-2)15(18)11-21-14-9-12(3)7-8-13(14)4/h7-9H,5-6,10-11H2,1-4H3. The number of likely N-dealkylation sites (N-methyl/N-ethyl adjacent to an activating group) is 1. The molecule has 0 saturated heterocycles. The molecule has 1 aromatic carbocycles. The number of nitrogens with zero attached hydrogens (tertiary/aromatic N) is 1. The summed E-state index contributed by atoms with van der Waals surface area (Å²) in [6.07, 6.45) is 0. The van der Waals surface area contributed by atoms with Crippen LogP contribution < -0.4 is 0 Å². The number of esters is 1. The van der Waals surface area contributed by atoms with Crippen molar-refractivity contribution >= 4 is 23.6 Å². The molecule has 0 spiro atoms. The van der Waals surface area contributed by atoms with Gasteiger partial charge in [-0.2, -0.15) is 0 Å². The lowest BCUT2D eigenvalue weighted by atomic mass is 10.2. The van der Waals surface area contributed by atoms with Crippen LogP contribution in [-0.2, 0) is 14.3 Å². The van der Waals surface area contributed by atoms with Crippen molar-refractivity contribution in [2.24, 2.45) is 0 Å². The summed E-state index contributed by atoms with van der Waals surface area (Å²) in [7, 11) is 0. The van der Waals surface area contributed by atoms with Crippen LogP contribution in [0.4, 0.5) is 0 Å². The van der Waals surface area contributed by atoms with Gasteiger partial charge in [0, 0.05) is 11.4 Å². The number of hydrogen-bond acceptors (Lipinski definition) is 4. The Morgan fingerprint density at radius 1 is 1.24 bits per heavy atom. The fourth-order valence-corrected chi connectivity index (χ4v) is 2.86. The van der Waals surface area contributed by atoms with Gasteiger partial charge in [-0.1, -0.05) is 17.7 Å². The summed E-state index contributed by atoms with van der Waals surface area (Å²) in [5.74, 6) is -0.0711. The molecule has 21 heavy (non-hydrogen) atoms. The molecule has 4 nitrogen and oxygen atoms in total. The van der Waals surface area contributed by atoms with Gasteiger partial charge in [0.2, 0.25) is 5.91 Å². The molecule has 0 N–H and O–H groups in total. The van der Waals surface area contributed by atoms with E-state index in [9.17, 15) is 9.59 Å². The van der Waals surface area contributed by atoms with E-state index in [0.717, 1.165) is 10.5 Å². The SMILES string of the molecule is CCOC(=O)CN(CC)C(=O)CSc1cc(C)ccc1C. The van der Waals surface area contributed by atoms with E-state index >= 15 is 0 Å². The van der Waals surface area contributed by atoms with Crippen LogP contribution in [0.25, 0.3) is 0 Å². The zero-order valence-electron chi connectivity index (χ0n) is 13.1. The Hall–Kier alpha value is -1.49. The van der Waals surface area contributed by atoms with Crippen LogP contribution in [0.5, 0.6) is 0 Å². The molecular formula is C16H23NO3S. The van der Waals surface area contributed by atoms with Gasteiger partial charge in [-0.05, 0) is 39.3 Å². The largest absolute Gasteiger partial charge is 0.465 e. The molecule has 116 valence electrons. The normalized spacial score (nSPS) is 10.3. The first-order chi connectivity index (χ1) is 9.97. The Balaban J connectivity index is 2.58. The number of carbonyl (C=O) groups is 2. The summed E-state index contributed by atoms with van der Waals surface area (Å²) in [4.78, 5) is 26.3. The Morgan fingerprint density at radius 3 is 2.57 bits per heavy atom. The third kappa shape index (κ3) is 5.79.